The topological polar surface area (TPSA) is 62.2 Å². The monoisotopic (exact) mass is 262 g/mol. The Morgan fingerprint density at radius 2 is 2.11 bits per heavy atom. The quantitative estimate of drug-likeness (QED) is 0.848. The van der Waals surface area contributed by atoms with Crippen LogP contribution in [0.3, 0.4) is 0 Å². The third kappa shape index (κ3) is 4.03. The first-order valence-corrected chi connectivity index (χ1v) is 7.02. The lowest BCUT2D eigenvalue weighted by Crippen LogP contribution is -2.41. The molecule has 0 unspecified atom stereocenters. The molecule has 4 heteroatoms. The molecule has 1 fully saturated rings. The van der Waals surface area contributed by atoms with Crippen LogP contribution in [-0.2, 0) is 11.2 Å². The average Bonchev–Trinajstić information content (AvgIpc) is 2.47. The molecule has 4 nitrogen and oxygen atoms in total. The number of aliphatic hydroxyl groups is 1. The molecule has 0 saturated heterocycles. The van der Waals surface area contributed by atoms with Crippen LogP contribution in [0.25, 0.3) is 0 Å². The number of carbonyl (C=O) groups is 1. The zero-order valence-electron chi connectivity index (χ0n) is 11.3. The Labute approximate surface area is 114 Å². The van der Waals surface area contributed by atoms with Gasteiger partial charge in [-0.25, -0.2) is 0 Å². The van der Waals surface area contributed by atoms with Gasteiger partial charge < -0.3 is 10.4 Å². The normalized spacial score (nSPS) is 17.9. The maximum absolute atomic E-state index is 11.9. The number of nitrogens with one attached hydrogen (secondary N) is 1. The number of aromatic nitrogens is 1. The van der Waals surface area contributed by atoms with Gasteiger partial charge in [0.2, 0.25) is 5.91 Å². The van der Waals surface area contributed by atoms with E-state index in [4.69, 9.17) is 0 Å². The van der Waals surface area contributed by atoms with Crippen molar-refractivity contribution in [2.45, 2.75) is 38.5 Å². The van der Waals surface area contributed by atoms with Crippen molar-refractivity contribution in [3.05, 3.63) is 30.1 Å². The molecule has 0 aliphatic heterocycles. The van der Waals surface area contributed by atoms with Crippen molar-refractivity contribution in [2.75, 3.05) is 13.2 Å². The van der Waals surface area contributed by atoms with Gasteiger partial charge in [0.1, 0.15) is 0 Å². The van der Waals surface area contributed by atoms with E-state index >= 15 is 0 Å². The van der Waals surface area contributed by atoms with Gasteiger partial charge in [0.15, 0.2) is 0 Å². The number of hydrogen-bond donors (Lipinski definition) is 2. The summed E-state index contributed by atoms with van der Waals surface area (Å²) in [4.78, 5) is 16.0. The maximum Gasteiger partial charge on any atom is 0.226 e. The number of amides is 1. The largest absolute Gasteiger partial charge is 0.396 e. The first kappa shape index (κ1) is 14.0. The second-order valence-corrected chi connectivity index (χ2v) is 5.49. The van der Waals surface area contributed by atoms with Crippen LogP contribution >= 0.6 is 0 Å². The fourth-order valence-electron chi connectivity index (χ4n) is 2.71. The molecule has 1 aromatic heterocycles. The summed E-state index contributed by atoms with van der Waals surface area (Å²) in [5, 5.41) is 12.5. The molecule has 19 heavy (non-hydrogen) atoms. The molecule has 2 rings (SSSR count). The van der Waals surface area contributed by atoms with Crippen molar-refractivity contribution in [2.24, 2.45) is 5.41 Å². The van der Waals surface area contributed by atoms with Gasteiger partial charge in [-0.1, -0.05) is 25.3 Å². The van der Waals surface area contributed by atoms with Gasteiger partial charge in [0, 0.05) is 23.9 Å². The van der Waals surface area contributed by atoms with Crippen LogP contribution in [0.1, 0.15) is 37.8 Å². The van der Waals surface area contributed by atoms with Gasteiger partial charge >= 0.3 is 0 Å². The minimum atomic E-state index is -0.0992. The third-order valence-electron chi connectivity index (χ3n) is 3.98. The highest BCUT2D eigenvalue weighted by Gasteiger charge is 2.31. The Hall–Kier alpha value is -1.42. The summed E-state index contributed by atoms with van der Waals surface area (Å²) >= 11 is 0. The van der Waals surface area contributed by atoms with Crippen molar-refractivity contribution in [3.8, 4) is 0 Å². The minimum absolute atomic E-state index is 0.0166. The standard InChI is InChI=1S/C15H22N2O2/c18-12-15(7-3-1-4-8-15)11-17-14(19)10-13-6-2-5-9-16-13/h2,5-6,9,18H,1,3-4,7-8,10-12H2,(H,17,19). The summed E-state index contributed by atoms with van der Waals surface area (Å²) in [6, 6.07) is 5.57. The highest BCUT2D eigenvalue weighted by Crippen LogP contribution is 2.35. The Balaban J connectivity index is 1.82. The van der Waals surface area contributed by atoms with E-state index in [0.29, 0.717) is 13.0 Å². The van der Waals surface area contributed by atoms with Crippen molar-refractivity contribution < 1.29 is 9.90 Å². The van der Waals surface area contributed by atoms with Crippen LogP contribution in [0, 0.1) is 5.41 Å². The zero-order valence-corrected chi connectivity index (χ0v) is 11.3. The van der Waals surface area contributed by atoms with Crippen molar-refractivity contribution in [3.63, 3.8) is 0 Å². The van der Waals surface area contributed by atoms with Crippen LogP contribution in [-0.4, -0.2) is 29.1 Å². The summed E-state index contributed by atoms with van der Waals surface area (Å²) in [6.07, 6.45) is 7.55. The highest BCUT2D eigenvalue weighted by molar-refractivity contribution is 5.78. The minimum Gasteiger partial charge on any atom is -0.396 e. The molecule has 1 heterocycles. The molecule has 1 saturated carbocycles. The molecule has 0 aromatic carbocycles. The first-order valence-electron chi connectivity index (χ1n) is 7.02. The molecule has 0 spiro atoms. The molecule has 1 amide bonds. The fraction of sp³-hybridized carbons (Fsp3) is 0.600. The SMILES string of the molecule is O=C(Cc1ccccn1)NCC1(CO)CCCCC1. The lowest BCUT2D eigenvalue weighted by Gasteiger charge is -2.35. The molecule has 0 radical (unpaired) electrons. The predicted molar refractivity (Wildman–Crippen MR) is 73.6 cm³/mol. The molecule has 0 atom stereocenters. The lowest BCUT2D eigenvalue weighted by molar-refractivity contribution is -0.121. The van der Waals surface area contributed by atoms with E-state index in [-0.39, 0.29) is 17.9 Å². The van der Waals surface area contributed by atoms with Gasteiger partial charge in [-0.15, -0.1) is 0 Å². The Morgan fingerprint density at radius 3 is 2.74 bits per heavy atom. The maximum atomic E-state index is 11.9. The van der Waals surface area contributed by atoms with Gasteiger partial charge in [-0.3, -0.25) is 9.78 Å². The highest BCUT2D eigenvalue weighted by atomic mass is 16.3. The molecule has 1 aliphatic carbocycles. The van der Waals surface area contributed by atoms with Crippen LogP contribution in [0.2, 0.25) is 0 Å². The average molecular weight is 262 g/mol. The molecule has 0 bridgehead atoms. The molecular weight excluding hydrogens is 240 g/mol. The van der Waals surface area contributed by atoms with Gasteiger partial charge in [0.05, 0.1) is 13.0 Å². The number of nitrogens with zero attached hydrogens (tertiary/aromatic N) is 1. The van der Waals surface area contributed by atoms with Gasteiger partial charge in [-0.2, -0.15) is 0 Å². The molecule has 1 aliphatic rings. The van der Waals surface area contributed by atoms with Gasteiger partial charge in [0.25, 0.3) is 0 Å². The van der Waals surface area contributed by atoms with E-state index in [2.05, 4.69) is 10.3 Å². The van der Waals surface area contributed by atoms with E-state index < -0.39 is 0 Å². The Bertz CT molecular complexity index is 400. The number of hydrogen-bond acceptors (Lipinski definition) is 3. The summed E-state index contributed by atoms with van der Waals surface area (Å²) in [6.45, 7) is 0.742. The number of rotatable bonds is 5. The van der Waals surface area contributed by atoms with Crippen LogP contribution in [0.4, 0.5) is 0 Å². The number of aliphatic hydroxyl groups excluding tert-OH is 1. The van der Waals surface area contributed by atoms with Crippen LogP contribution < -0.4 is 5.32 Å². The Morgan fingerprint density at radius 1 is 1.32 bits per heavy atom. The van der Waals surface area contributed by atoms with Crippen molar-refractivity contribution >= 4 is 5.91 Å². The molecule has 2 N–H and O–H groups in total. The van der Waals surface area contributed by atoms with E-state index in [0.717, 1.165) is 31.4 Å². The second kappa shape index (κ2) is 6.66. The number of carbonyl (C=O) groups excluding carboxylic acids is 1. The fourth-order valence-corrected chi connectivity index (χ4v) is 2.71. The predicted octanol–water partition coefficient (Wildman–Crippen LogP) is 1.68. The molecule has 1 aromatic rings. The van der Waals surface area contributed by atoms with Crippen molar-refractivity contribution in [1.29, 1.82) is 0 Å². The molecular formula is C15H22N2O2. The lowest BCUT2D eigenvalue weighted by atomic mass is 9.74. The molecule has 104 valence electrons. The summed E-state index contributed by atoms with van der Waals surface area (Å²) < 4.78 is 0. The van der Waals surface area contributed by atoms with E-state index in [1.807, 2.05) is 18.2 Å². The van der Waals surface area contributed by atoms with E-state index in [1.165, 1.54) is 6.42 Å². The van der Waals surface area contributed by atoms with Crippen molar-refractivity contribution in [1.82, 2.24) is 10.3 Å². The summed E-state index contributed by atoms with van der Waals surface area (Å²) in [5.74, 6) is -0.0166. The zero-order chi connectivity index (χ0) is 13.6. The summed E-state index contributed by atoms with van der Waals surface area (Å²) in [7, 11) is 0. The Kier molecular flexibility index (Phi) is 4.91. The second-order valence-electron chi connectivity index (χ2n) is 5.49. The van der Waals surface area contributed by atoms with Crippen LogP contribution in [0.15, 0.2) is 24.4 Å². The van der Waals surface area contributed by atoms with E-state index in [1.54, 1.807) is 6.20 Å². The van der Waals surface area contributed by atoms with Crippen LogP contribution in [0.5, 0.6) is 0 Å². The van der Waals surface area contributed by atoms with Gasteiger partial charge in [-0.05, 0) is 25.0 Å². The van der Waals surface area contributed by atoms with E-state index in [9.17, 15) is 9.90 Å². The number of pyridine rings is 1. The summed E-state index contributed by atoms with van der Waals surface area (Å²) in [5.41, 5.74) is 0.680. The first-order chi connectivity index (χ1) is 9.24. The smallest absolute Gasteiger partial charge is 0.226 e. The third-order valence-corrected chi connectivity index (χ3v) is 3.98.